The van der Waals surface area contributed by atoms with E-state index in [1.54, 1.807) is 12.5 Å². The van der Waals surface area contributed by atoms with Crippen molar-refractivity contribution in [3.05, 3.63) is 42.5 Å². The number of benzene rings is 1. The van der Waals surface area contributed by atoms with Gasteiger partial charge in [-0.05, 0) is 45.3 Å². The smallest absolute Gasteiger partial charge is 0.399 e. The molecule has 1 fully saturated rings. The summed E-state index contributed by atoms with van der Waals surface area (Å²) in [5.74, 6) is 0. The second kappa shape index (κ2) is 4.97. The van der Waals surface area contributed by atoms with Crippen molar-refractivity contribution in [3.63, 3.8) is 0 Å². The molecule has 2 aromatic rings. The fourth-order valence-corrected chi connectivity index (χ4v) is 2.40. The zero-order chi connectivity index (χ0) is 16.0. The molecule has 5 nitrogen and oxygen atoms in total. The summed E-state index contributed by atoms with van der Waals surface area (Å²) in [7, 11) is -0.464. The summed E-state index contributed by atoms with van der Waals surface area (Å²) in [5.41, 5.74) is 1.41. The van der Waals surface area contributed by atoms with Gasteiger partial charge in [-0.15, -0.1) is 0 Å². The Balaban J connectivity index is 1.96. The number of hydrogen-bond donors (Lipinski definition) is 0. The van der Waals surface area contributed by atoms with E-state index in [9.17, 15) is 5.26 Å². The predicted molar refractivity (Wildman–Crippen MR) is 84.0 cm³/mol. The highest BCUT2D eigenvalue weighted by Crippen LogP contribution is 2.36. The van der Waals surface area contributed by atoms with Crippen LogP contribution in [0.3, 0.4) is 0 Å². The lowest BCUT2D eigenvalue weighted by atomic mass is 9.78. The van der Waals surface area contributed by atoms with Gasteiger partial charge in [-0.3, -0.25) is 0 Å². The van der Waals surface area contributed by atoms with Crippen LogP contribution >= 0.6 is 0 Å². The topological polar surface area (TPSA) is 60.1 Å². The number of aromatic nitrogens is 2. The van der Waals surface area contributed by atoms with Crippen LogP contribution < -0.4 is 5.46 Å². The van der Waals surface area contributed by atoms with Crippen molar-refractivity contribution in [2.75, 3.05) is 0 Å². The van der Waals surface area contributed by atoms with E-state index in [0.29, 0.717) is 5.56 Å². The third-order valence-electron chi connectivity index (χ3n) is 4.45. The van der Waals surface area contributed by atoms with E-state index in [1.807, 2.05) is 56.7 Å². The van der Waals surface area contributed by atoms with E-state index in [1.165, 1.54) is 0 Å². The zero-order valence-corrected chi connectivity index (χ0v) is 13.2. The van der Waals surface area contributed by atoms with Gasteiger partial charge in [0.25, 0.3) is 0 Å². The summed E-state index contributed by atoms with van der Waals surface area (Å²) in [6, 6.07) is 7.86. The van der Waals surface area contributed by atoms with Crippen LogP contribution in [-0.4, -0.2) is 27.9 Å². The molecule has 0 saturated carbocycles. The minimum atomic E-state index is -0.464. The predicted octanol–water partition coefficient (Wildman–Crippen LogP) is 2.04. The number of imidazole rings is 1. The minimum absolute atomic E-state index is 0.395. The summed E-state index contributed by atoms with van der Waals surface area (Å²) >= 11 is 0. The van der Waals surface area contributed by atoms with Gasteiger partial charge in [0.2, 0.25) is 0 Å². The van der Waals surface area contributed by atoms with Crippen LogP contribution in [0.25, 0.3) is 5.69 Å². The Morgan fingerprint density at radius 1 is 1.18 bits per heavy atom. The standard InChI is InChI=1S/C16H18BN3O2/c1-15(2)16(3,4)22-17(21-15)13-5-6-14(12(9-13)10-18)20-8-7-19-11-20/h5-9,11H,1-4H3. The first-order valence-corrected chi connectivity index (χ1v) is 7.22. The van der Waals surface area contributed by atoms with Crippen molar-refractivity contribution < 1.29 is 9.31 Å². The van der Waals surface area contributed by atoms with Crippen molar-refractivity contribution in [1.82, 2.24) is 9.55 Å². The molecule has 112 valence electrons. The molecular formula is C16H18BN3O2. The molecule has 0 spiro atoms. The van der Waals surface area contributed by atoms with Crippen LogP contribution in [0, 0.1) is 11.3 Å². The van der Waals surface area contributed by atoms with Crippen LogP contribution in [0.4, 0.5) is 0 Å². The molecule has 1 aliphatic heterocycles. The number of nitrogens with zero attached hydrogens (tertiary/aromatic N) is 3. The summed E-state index contributed by atoms with van der Waals surface area (Å²) in [6.07, 6.45) is 5.17. The van der Waals surface area contributed by atoms with E-state index in [2.05, 4.69) is 11.1 Å². The first kappa shape index (κ1) is 14.8. The Kier molecular flexibility index (Phi) is 3.35. The maximum Gasteiger partial charge on any atom is 0.494 e. The first-order chi connectivity index (χ1) is 10.3. The molecule has 1 aromatic carbocycles. The summed E-state index contributed by atoms with van der Waals surface area (Å²) in [6.45, 7) is 8.05. The molecule has 2 heterocycles. The molecule has 0 bridgehead atoms. The van der Waals surface area contributed by atoms with Crippen LogP contribution in [0.5, 0.6) is 0 Å². The monoisotopic (exact) mass is 295 g/mol. The molecule has 0 N–H and O–H groups in total. The molecule has 22 heavy (non-hydrogen) atoms. The van der Waals surface area contributed by atoms with E-state index in [4.69, 9.17) is 9.31 Å². The quantitative estimate of drug-likeness (QED) is 0.796. The van der Waals surface area contributed by atoms with Crippen LogP contribution in [0.15, 0.2) is 36.9 Å². The number of hydrogen-bond acceptors (Lipinski definition) is 4. The highest BCUT2D eigenvalue weighted by molar-refractivity contribution is 6.62. The van der Waals surface area contributed by atoms with Gasteiger partial charge in [-0.2, -0.15) is 5.26 Å². The van der Waals surface area contributed by atoms with Crippen LogP contribution in [0.2, 0.25) is 0 Å². The van der Waals surface area contributed by atoms with Crippen LogP contribution in [-0.2, 0) is 9.31 Å². The van der Waals surface area contributed by atoms with Crippen molar-refractivity contribution >= 4 is 12.6 Å². The Hall–Kier alpha value is -2.10. The van der Waals surface area contributed by atoms with Crippen LogP contribution in [0.1, 0.15) is 33.3 Å². The Morgan fingerprint density at radius 3 is 2.41 bits per heavy atom. The largest absolute Gasteiger partial charge is 0.494 e. The molecule has 6 heteroatoms. The van der Waals surface area contributed by atoms with E-state index >= 15 is 0 Å². The summed E-state index contributed by atoms with van der Waals surface area (Å²) < 4.78 is 13.9. The van der Waals surface area contributed by atoms with Gasteiger partial charge in [0, 0.05) is 12.4 Å². The molecule has 3 rings (SSSR count). The minimum Gasteiger partial charge on any atom is -0.399 e. The normalized spacial score (nSPS) is 19.1. The van der Waals surface area contributed by atoms with E-state index in [0.717, 1.165) is 11.2 Å². The zero-order valence-electron chi connectivity index (χ0n) is 13.2. The molecule has 0 amide bonds. The highest BCUT2D eigenvalue weighted by Gasteiger charge is 2.51. The second-order valence-electron chi connectivity index (χ2n) is 6.45. The molecule has 0 aliphatic carbocycles. The maximum atomic E-state index is 9.42. The SMILES string of the molecule is CC1(C)OB(c2ccc(-n3ccnc3)c(C#N)c2)OC1(C)C. The molecule has 0 unspecified atom stereocenters. The average Bonchev–Trinajstić information content (AvgIpc) is 3.05. The van der Waals surface area contributed by atoms with Gasteiger partial charge in [0.15, 0.2) is 0 Å². The molecule has 0 radical (unpaired) electrons. The fraction of sp³-hybridized carbons (Fsp3) is 0.375. The lowest BCUT2D eigenvalue weighted by Gasteiger charge is -2.32. The lowest BCUT2D eigenvalue weighted by Crippen LogP contribution is -2.41. The Bertz CT molecular complexity index is 716. The number of rotatable bonds is 2. The molecule has 0 atom stereocenters. The Labute approximate surface area is 130 Å². The highest BCUT2D eigenvalue weighted by atomic mass is 16.7. The van der Waals surface area contributed by atoms with E-state index in [-0.39, 0.29) is 0 Å². The van der Waals surface area contributed by atoms with Gasteiger partial charge in [0.1, 0.15) is 6.07 Å². The summed E-state index contributed by atoms with van der Waals surface area (Å²) in [5, 5.41) is 9.42. The third-order valence-corrected chi connectivity index (χ3v) is 4.45. The number of nitriles is 1. The Morgan fingerprint density at radius 2 is 1.86 bits per heavy atom. The van der Waals surface area contributed by atoms with Crippen molar-refractivity contribution in [1.29, 1.82) is 5.26 Å². The van der Waals surface area contributed by atoms with Gasteiger partial charge < -0.3 is 13.9 Å². The van der Waals surface area contributed by atoms with Gasteiger partial charge in [-0.25, -0.2) is 4.98 Å². The third kappa shape index (κ3) is 2.33. The van der Waals surface area contributed by atoms with Crippen molar-refractivity contribution in [2.45, 2.75) is 38.9 Å². The lowest BCUT2D eigenvalue weighted by molar-refractivity contribution is 0.00578. The molecular weight excluding hydrogens is 277 g/mol. The van der Waals surface area contributed by atoms with Gasteiger partial charge >= 0.3 is 7.12 Å². The molecule has 1 saturated heterocycles. The molecule has 1 aliphatic rings. The van der Waals surface area contributed by atoms with Gasteiger partial charge in [-0.1, -0.05) is 6.07 Å². The van der Waals surface area contributed by atoms with Gasteiger partial charge in [0.05, 0.1) is 28.8 Å². The second-order valence-corrected chi connectivity index (χ2v) is 6.45. The van der Waals surface area contributed by atoms with Crippen molar-refractivity contribution in [2.24, 2.45) is 0 Å². The maximum absolute atomic E-state index is 9.42. The molecule has 1 aromatic heterocycles. The van der Waals surface area contributed by atoms with E-state index < -0.39 is 18.3 Å². The van der Waals surface area contributed by atoms with Crippen molar-refractivity contribution in [3.8, 4) is 11.8 Å². The summed E-state index contributed by atoms with van der Waals surface area (Å²) in [4.78, 5) is 4.02. The fourth-order valence-electron chi connectivity index (χ4n) is 2.40. The first-order valence-electron chi connectivity index (χ1n) is 7.22. The average molecular weight is 295 g/mol.